The van der Waals surface area contributed by atoms with Crippen molar-refractivity contribution in [1.29, 1.82) is 0 Å². The highest BCUT2D eigenvalue weighted by atomic mass is 35.5. The van der Waals surface area contributed by atoms with Crippen molar-refractivity contribution in [2.75, 3.05) is 6.61 Å². The number of ether oxygens (including phenoxy) is 1. The molecule has 21 heavy (non-hydrogen) atoms. The van der Waals surface area contributed by atoms with Gasteiger partial charge in [0.2, 0.25) is 0 Å². The van der Waals surface area contributed by atoms with Gasteiger partial charge < -0.3 is 9.84 Å². The highest BCUT2D eigenvalue weighted by Gasteiger charge is 2.34. The van der Waals surface area contributed by atoms with E-state index in [0.29, 0.717) is 6.42 Å². The zero-order chi connectivity index (χ0) is 14.9. The molecule has 0 amide bonds. The third-order valence-corrected chi connectivity index (χ3v) is 5.30. The molecule has 2 aliphatic rings. The van der Waals surface area contributed by atoms with Crippen LogP contribution in [-0.2, 0) is 12.8 Å². The van der Waals surface area contributed by atoms with Gasteiger partial charge in [0, 0.05) is 17.9 Å². The molecule has 1 aromatic carbocycles. The Bertz CT molecular complexity index is 504. The van der Waals surface area contributed by atoms with Gasteiger partial charge in [0.25, 0.3) is 0 Å². The van der Waals surface area contributed by atoms with Crippen LogP contribution in [0.25, 0.3) is 0 Å². The molecule has 1 heterocycles. The third kappa shape index (κ3) is 3.37. The first-order valence-corrected chi connectivity index (χ1v) is 8.64. The lowest BCUT2D eigenvalue weighted by Gasteiger charge is -2.36. The lowest BCUT2D eigenvalue weighted by molar-refractivity contribution is -0.0103. The van der Waals surface area contributed by atoms with Crippen LogP contribution in [0.1, 0.15) is 56.6 Å². The maximum atomic E-state index is 10.9. The quantitative estimate of drug-likeness (QED) is 0.885. The van der Waals surface area contributed by atoms with E-state index < -0.39 is 5.60 Å². The van der Waals surface area contributed by atoms with E-state index in [1.807, 2.05) is 12.1 Å². The second kappa shape index (κ2) is 6.18. The first-order chi connectivity index (χ1) is 10.1. The molecule has 3 heteroatoms. The zero-order valence-electron chi connectivity index (χ0n) is 12.8. The Labute approximate surface area is 132 Å². The molecular weight excluding hydrogens is 284 g/mol. The Morgan fingerprint density at radius 2 is 2.10 bits per heavy atom. The van der Waals surface area contributed by atoms with E-state index in [2.05, 4.69) is 6.92 Å². The molecule has 0 bridgehead atoms. The molecule has 0 spiro atoms. The van der Waals surface area contributed by atoms with Crippen LogP contribution in [0.2, 0.25) is 5.02 Å². The normalized spacial score (nSPS) is 28.2. The van der Waals surface area contributed by atoms with Crippen molar-refractivity contribution < 1.29 is 9.84 Å². The number of hydrogen-bond acceptors (Lipinski definition) is 2. The Hall–Kier alpha value is -0.730. The number of fused-ring (bicyclic) bond motifs is 1. The molecule has 116 valence electrons. The largest absolute Gasteiger partial charge is 0.493 e. The van der Waals surface area contributed by atoms with Gasteiger partial charge in [-0.05, 0) is 54.9 Å². The van der Waals surface area contributed by atoms with Crippen molar-refractivity contribution in [3.8, 4) is 5.75 Å². The van der Waals surface area contributed by atoms with Crippen LogP contribution in [0, 0.1) is 5.92 Å². The Morgan fingerprint density at radius 3 is 2.81 bits per heavy atom. The Kier molecular flexibility index (Phi) is 4.46. The van der Waals surface area contributed by atoms with E-state index in [4.69, 9.17) is 16.3 Å². The summed E-state index contributed by atoms with van der Waals surface area (Å²) < 4.78 is 5.76. The molecule has 1 aromatic rings. The van der Waals surface area contributed by atoms with Crippen molar-refractivity contribution in [2.24, 2.45) is 5.92 Å². The SMILES string of the molecule is CCCC1CCC(O)(Cc2cc(Cl)cc3c2OCC3)CC1. The highest BCUT2D eigenvalue weighted by Crippen LogP contribution is 2.40. The molecule has 0 atom stereocenters. The zero-order valence-corrected chi connectivity index (χ0v) is 13.6. The number of halogens is 1. The summed E-state index contributed by atoms with van der Waals surface area (Å²) in [6.07, 6.45) is 8.25. The average molecular weight is 309 g/mol. The molecule has 1 saturated carbocycles. The van der Waals surface area contributed by atoms with E-state index in [0.717, 1.165) is 61.0 Å². The number of aliphatic hydroxyl groups is 1. The van der Waals surface area contributed by atoms with Gasteiger partial charge in [-0.2, -0.15) is 0 Å². The maximum absolute atomic E-state index is 10.9. The standard InChI is InChI=1S/C18H25ClO2/c1-2-3-13-4-7-18(20,8-5-13)12-15-11-16(19)10-14-6-9-21-17(14)15/h10-11,13,20H,2-9,12H2,1H3. The molecule has 0 aromatic heterocycles. The Balaban J connectivity index is 1.72. The fraction of sp³-hybridized carbons (Fsp3) is 0.667. The fourth-order valence-corrected chi connectivity index (χ4v) is 4.18. The molecule has 1 aliphatic heterocycles. The van der Waals surface area contributed by atoms with Crippen molar-refractivity contribution in [3.05, 3.63) is 28.3 Å². The molecule has 1 fully saturated rings. The average Bonchev–Trinajstić information content (AvgIpc) is 2.90. The lowest BCUT2D eigenvalue weighted by Crippen LogP contribution is -2.36. The summed E-state index contributed by atoms with van der Waals surface area (Å²) in [6.45, 7) is 2.98. The summed E-state index contributed by atoms with van der Waals surface area (Å²) in [6, 6.07) is 3.97. The van der Waals surface area contributed by atoms with Crippen LogP contribution in [0.5, 0.6) is 5.75 Å². The second-order valence-corrected chi connectivity index (χ2v) is 7.22. The van der Waals surface area contributed by atoms with Crippen LogP contribution in [0.15, 0.2) is 12.1 Å². The predicted molar refractivity (Wildman–Crippen MR) is 86.2 cm³/mol. The van der Waals surface area contributed by atoms with Gasteiger partial charge in [0.15, 0.2) is 0 Å². The summed E-state index contributed by atoms with van der Waals surface area (Å²) in [4.78, 5) is 0. The molecule has 3 rings (SSSR count). The van der Waals surface area contributed by atoms with Gasteiger partial charge in [0.05, 0.1) is 12.2 Å². The van der Waals surface area contributed by atoms with E-state index in [1.165, 1.54) is 18.4 Å². The molecule has 1 aliphatic carbocycles. The number of benzene rings is 1. The summed E-state index contributed by atoms with van der Waals surface area (Å²) in [7, 11) is 0. The summed E-state index contributed by atoms with van der Waals surface area (Å²) in [5, 5.41) is 11.7. The second-order valence-electron chi connectivity index (χ2n) is 6.78. The predicted octanol–water partition coefficient (Wildman–Crippen LogP) is 4.54. The minimum absolute atomic E-state index is 0.575. The van der Waals surface area contributed by atoms with Crippen LogP contribution < -0.4 is 4.74 Å². The molecule has 1 N–H and O–H groups in total. The van der Waals surface area contributed by atoms with Gasteiger partial charge >= 0.3 is 0 Å². The monoisotopic (exact) mass is 308 g/mol. The lowest BCUT2D eigenvalue weighted by atomic mass is 9.74. The first-order valence-electron chi connectivity index (χ1n) is 8.26. The van der Waals surface area contributed by atoms with Gasteiger partial charge in [0.1, 0.15) is 5.75 Å². The smallest absolute Gasteiger partial charge is 0.126 e. The van der Waals surface area contributed by atoms with Gasteiger partial charge in [-0.15, -0.1) is 0 Å². The van der Waals surface area contributed by atoms with Gasteiger partial charge in [-0.3, -0.25) is 0 Å². The minimum Gasteiger partial charge on any atom is -0.493 e. The molecule has 0 unspecified atom stereocenters. The van der Waals surface area contributed by atoms with Gasteiger partial charge in [-0.25, -0.2) is 0 Å². The summed E-state index contributed by atoms with van der Waals surface area (Å²) in [5.41, 5.74) is 1.71. The van der Waals surface area contributed by atoms with Crippen LogP contribution in [-0.4, -0.2) is 17.3 Å². The van der Waals surface area contributed by atoms with Crippen molar-refractivity contribution in [3.63, 3.8) is 0 Å². The fourth-order valence-electron chi connectivity index (χ4n) is 3.92. The van der Waals surface area contributed by atoms with Gasteiger partial charge in [-0.1, -0.05) is 31.4 Å². The van der Waals surface area contributed by atoms with Crippen molar-refractivity contribution >= 4 is 11.6 Å². The molecule has 0 saturated heterocycles. The summed E-state index contributed by atoms with van der Waals surface area (Å²) in [5.74, 6) is 1.78. The van der Waals surface area contributed by atoms with Crippen LogP contribution in [0.3, 0.4) is 0 Å². The van der Waals surface area contributed by atoms with Crippen molar-refractivity contribution in [1.82, 2.24) is 0 Å². The molecule has 0 radical (unpaired) electrons. The maximum Gasteiger partial charge on any atom is 0.126 e. The van der Waals surface area contributed by atoms with E-state index in [9.17, 15) is 5.11 Å². The Morgan fingerprint density at radius 1 is 1.33 bits per heavy atom. The first kappa shape index (κ1) is 15.2. The third-order valence-electron chi connectivity index (χ3n) is 5.08. The number of rotatable bonds is 4. The van der Waals surface area contributed by atoms with Crippen LogP contribution >= 0.6 is 11.6 Å². The molecular formula is C18H25ClO2. The van der Waals surface area contributed by atoms with E-state index in [-0.39, 0.29) is 0 Å². The van der Waals surface area contributed by atoms with E-state index >= 15 is 0 Å². The summed E-state index contributed by atoms with van der Waals surface area (Å²) >= 11 is 6.22. The van der Waals surface area contributed by atoms with Crippen molar-refractivity contribution in [2.45, 2.75) is 63.9 Å². The molecule has 2 nitrogen and oxygen atoms in total. The van der Waals surface area contributed by atoms with E-state index in [1.54, 1.807) is 0 Å². The highest BCUT2D eigenvalue weighted by molar-refractivity contribution is 6.30. The minimum atomic E-state index is -0.575. The topological polar surface area (TPSA) is 29.5 Å². The van der Waals surface area contributed by atoms with Crippen LogP contribution in [0.4, 0.5) is 0 Å². The number of hydrogen-bond donors (Lipinski definition) is 1.